The third-order valence-corrected chi connectivity index (χ3v) is 5.37. The van der Waals surface area contributed by atoms with E-state index in [1.807, 2.05) is 14.0 Å². The average Bonchev–Trinajstić information content (AvgIpc) is 2.66. The summed E-state index contributed by atoms with van der Waals surface area (Å²) in [5.41, 5.74) is 0.0700. The van der Waals surface area contributed by atoms with Crippen molar-refractivity contribution in [1.82, 2.24) is 14.8 Å². The minimum absolute atomic E-state index is 0.110. The summed E-state index contributed by atoms with van der Waals surface area (Å²) in [7, 11) is 2.03. The molecule has 0 N–H and O–H groups in total. The monoisotopic (exact) mass is 395 g/mol. The molecule has 3 aliphatic rings. The second-order valence-electron chi connectivity index (χ2n) is 7.14. The van der Waals surface area contributed by atoms with Crippen molar-refractivity contribution in [3.05, 3.63) is 34.6 Å². The van der Waals surface area contributed by atoms with Crippen LogP contribution in [0.25, 0.3) is 5.70 Å². The Bertz CT molecular complexity index is 879. The first kappa shape index (κ1) is 18.9. The molecule has 1 saturated heterocycles. The number of nitrogens with zero attached hydrogens (tertiary/aromatic N) is 5. The van der Waals surface area contributed by atoms with Gasteiger partial charge in [0.15, 0.2) is 0 Å². The van der Waals surface area contributed by atoms with Crippen molar-refractivity contribution >= 4 is 23.6 Å². The van der Waals surface area contributed by atoms with E-state index in [1.165, 1.54) is 11.1 Å². The Morgan fingerprint density at radius 1 is 1.11 bits per heavy atom. The van der Waals surface area contributed by atoms with Crippen LogP contribution in [-0.2, 0) is 6.18 Å². The number of piperazine rings is 1. The second kappa shape index (κ2) is 6.88. The van der Waals surface area contributed by atoms with Gasteiger partial charge in [-0.25, -0.2) is 14.4 Å². The van der Waals surface area contributed by atoms with Crippen LogP contribution in [0.3, 0.4) is 0 Å². The number of hydrazone groups is 1. The molecule has 0 aliphatic carbocycles. The van der Waals surface area contributed by atoms with E-state index in [0.29, 0.717) is 37.6 Å². The van der Waals surface area contributed by atoms with Crippen LogP contribution in [0.4, 0.5) is 23.2 Å². The summed E-state index contributed by atoms with van der Waals surface area (Å²) >= 11 is 0. The molecule has 1 fully saturated rings. The van der Waals surface area contributed by atoms with Crippen molar-refractivity contribution in [3.8, 4) is 0 Å². The number of allylic oxidation sites excluding steroid dienone is 1. The summed E-state index contributed by atoms with van der Waals surface area (Å²) in [6, 6.07) is 2.03. The first-order valence-corrected chi connectivity index (χ1v) is 9.28. The minimum atomic E-state index is -4.77. The fourth-order valence-electron chi connectivity index (χ4n) is 3.75. The van der Waals surface area contributed by atoms with E-state index >= 15 is 4.39 Å². The number of hydrogen-bond donors (Lipinski definition) is 0. The molecular weight excluding hydrogens is 374 g/mol. The van der Waals surface area contributed by atoms with Gasteiger partial charge in [-0.05, 0) is 31.2 Å². The Morgan fingerprint density at radius 3 is 2.46 bits per heavy atom. The van der Waals surface area contributed by atoms with Gasteiger partial charge in [-0.2, -0.15) is 18.3 Å². The lowest BCUT2D eigenvalue weighted by atomic mass is 9.95. The zero-order valence-corrected chi connectivity index (χ0v) is 15.7. The van der Waals surface area contributed by atoms with Crippen LogP contribution in [0, 0.1) is 5.82 Å². The summed E-state index contributed by atoms with van der Waals surface area (Å²) in [6.45, 7) is 5.02. The molecule has 0 radical (unpaired) electrons. The lowest BCUT2D eigenvalue weighted by Crippen LogP contribution is -2.52. The molecule has 28 heavy (non-hydrogen) atoms. The van der Waals surface area contributed by atoms with Crippen LogP contribution in [0.5, 0.6) is 0 Å². The topological polar surface area (TPSA) is 34.4 Å². The Balaban J connectivity index is 1.90. The van der Waals surface area contributed by atoms with Gasteiger partial charge in [0, 0.05) is 38.8 Å². The number of hydrogen-bond acceptors (Lipinski definition) is 5. The number of aliphatic imine (C=N–C) groups is 1. The van der Waals surface area contributed by atoms with Crippen LogP contribution in [0.1, 0.15) is 30.9 Å². The number of rotatable bonds is 1. The molecule has 4 rings (SSSR count). The third-order valence-electron chi connectivity index (χ3n) is 5.37. The molecule has 0 amide bonds. The third kappa shape index (κ3) is 3.07. The second-order valence-corrected chi connectivity index (χ2v) is 7.14. The highest BCUT2D eigenvalue weighted by molar-refractivity contribution is 5.99. The van der Waals surface area contributed by atoms with E-state index in [4.69, 9.17) is 0 Å². The van der Waals surface area contributed by atoms with Crippen LogP contribution in [-0.4, -0.2) is 60.2 Å². The number of guanidine groups is 1. The Kier molecular flexibility index (Phi) is 4.65. The normalized spacial score (nSPS) is 20.3. The SMILES string of the molecule is CCC1=C2c3c(ccc(C(F)(F)F)c3F)N=C(N3CCN(C)CC3)N2N=CC1. The van der Waals surface area contributed by atoms with Gasteiger partial charge in [0.25, 0.3) is 0 Å². The number of halogens is 4. The average molecular weight is 395 g/mol. The molecule has 1 aromatic carbocycles. The van der Waals surface area contributed by atoms with E-state index in [0.717, 1.165) is 24.7 Å². The lowest BCUT2D eigenvalue weighted by molar-refractivity contribution is -0.140. The molecule has 1 aromatic rings. The predicted molar refractivity (Wildman–Crippen MR) is 99.7 cm³/mol. The molecule has 0 saturated carbocycles. The smallest absolute Gasteiger partial charge is 0.338 e. The number of benzene rings is 1. The largest absolute Gasteiger partial charge is 0.419 e. The van der Waals surface area contributed by atoms with E-state index < -0.39 is 17.6 Å². The summed E-state index contributed by atoms with van der Waals surface area (Å²) < 4.78 is 54.9. The Labute approximate surface area is 160 Å². The van der Waals surface area contributed by atoms with E-state index in [9.17, 15) is 13.2 Å². The first-order valence-electron chi connectivity index (χ1n) is 9.28. The highest BCUT2D eigenvalue weighted by Crippen LogP contribution is 2.44. The summed E-state index contributed by atoms with van der Waals surface area (Å²) in [4.78, 5) is 8.77. The Morgan fingerprint density at radius 2 is 1.82 bits per heavy atom. The van der Waals surface area contributed by atoms with Crippen LogP contribution in [0.2, 0.25) is 0 Å². The molecule has 3 heterocycles. The fraction of sp³-hybridized carbons (Fsp3) is 0.474. The van der Waals surface area contributed by atoms with Gasteiger partial charge in [0.05, 0.1) is 22.5 Å². The molecule has 9 heteroatoms. The number of likely N-dealkylation sites (N-methyl/N-ethyl adjacent to an activating group) is 1. The van der Waals surface area contributed by atoms with Crippen LogP contribution in [0.15, 0.2) is 27.8 Å². The minimum Gasteiger partial charge on any atom is -0.338 e. The lowest BCUT2D eigenvalue weighted by Gasteiger charge is -2.41. The van der Waals surface area contributed by atoms with Gasteiger partial charge in [0.1, 0.15) is 5.82 Å². The van der Waals surface area contributed by atoms with Gasteiger partial charge in [0.2, 0.25) is 5.96 Å². The fourth-order valence-corrected chi connectivity index (χ4v) is 3.75. The zero-order chi connectivity index (χ0) is 20.1. The van der Waals surface area contributed by atoms with Crippen LogP contribution >= 0.6 is 0 Å². The summed E-state index contributed by atoms with van der Waals surface area (Å²) in [5.74, 6) is -0.745. The Hall–Kier alpha value is -2.42. The highest BCUT2D eigenvalue weighted by atomic mass is 19.4. The molecule has 0 aromatic heterocycles. The highest BCUT2D eigenvalue weighted by Gasteiger charge is 2.40. The standard InChI is InChI=1S/C19H21F4N5/c1-3-12-6-7-24-28-17(12)15-14(5-4-13(16(15)20)19(21,22)23)25-18(28)27-10-8-26(2)9-11-27/h4-5,7H,3,6,8-11H2,1-2H3. The maximum absolute atomic E-state index is 15.0. The molecule has 5 nitrogen and oxygen atoms in total. The molecule has 0 bridgehead atoms. The van der Waals surface area contributed by atoms with Gasteiger partial charge in [-0.3, -0.25) is 0 Å². The van der Waals surface area contributed by atoms with Crippen molar-refractivity contribution in [1.29, 1.82) is 0 Å². The van der Waals surface area contributed by atoms with Crippen molar-refractivity contribution in [2.45, 2.75) is 25.9 Å². The number of alkyl halides is 3. The molecule has 0 atom stereocenters. The maximum Gasteiger partial charge on any atom is 0.419 e. The van der Waals surface area contributed by atoms with E-state index in [1.54, 1.807) is 6.21 Å². The molecular formula is C19H21F4N5. The number of fused-ring (bicyclic) bond motifs is 3. The molecule has 150 valence electrons. The van der Waals surface area contributed by atoms with E-state index in [-0.39, 0.29) is 11.3 Å². The van der Waals surface area contributed by atoms with E-state index in [2.05, 4.69) is 19.9 Å². The molecule has 0 spiro atoms. The summed E-state index contributed by atoms with van der Waals surface area (Å²) in [6.07, 6.45) is -2.00. The first-order chi connectivity index (χ1) is 13.3. The van der Waals surface area contributed by atoms with Crippen molar-refractivity contribution in [2.24, 2.45) is 10.1 Å². The molecule has 0 unspecified atom stereocenters. The van der Waals surface area contributed by atoms with Crippen molar-refractivity contribution in [2.75, 3.05) is 33.2 Å². The van der Waals surface area contributed by atoms with Crippen molar-refractivity contribution in [3.63, 3.8) is 0 Å². The van der Waals surface area contributed by atoms with Crippen molar-refractivity contribution < 1.29 is 17.6 Å². The maximum atomic E-state index is 15.0. The zero-order valence-electron chi connectivity index (χ0n) is 15.7. The van der Waals surface area contributed by atoms with Gasteiger partial charge < -0.3 is 9.80 Å². The molecule has 3 aliphatic heterocycles. The van der Waals surface area contributed by atoms with Gasteiger partial charge in [-0.1, -0.05) is 6.92 Å². The van der Waals surface area contributed by atoms with Gasteiger partial charge in [-0.15, -0.1) is 0 Å². The quantitative estimate of drug-likeness (QED) is 0.677. The van der Waals surface area contributed by atoms with Gasteiger partial charge >= 0.3 is 6.18 Å². The predicted octanol–water partition coefficient (Wildman–Crippen LogP) is 3.91. The summed E-state index contributed by atoms with van der Waals surface area (Å²) in [5, 5.41) is 5.89. The van der Waals surface area contributed by atoms with Crippen LogP contribution < -0.4 is 0 Å².